The molecule has 0 saturated carbocycles. The molecule has 4 nitrogen and oxygen atoms in total. The van der Waals surface area contributed by atoms with Crippen LogP contribution in [0.25, 0.3) is 0 Å². The van der Waals surface area contributed by atoms with Crippen molar-refractivity contribution in [3.05, 3.63) is 35.4 Å². The van der Waals surface area contributed by atoms with Crippen molar-refractivity contribution >= 4 is 6.03 Å². The fourth-order valence-corrected chi connectivity index (χ4v) is 3.25. The van der Waals surface area contributed by atoms with Crippen LogP contribution in [-0.4, -0.2) is 42.3 Å². The maximum Gasteiger partial charge on any atom is 0.317 e. The van der Waals surface area contributed by atoms with Crippen LogP contribution in [0.15, 0.2) is 24.3 Å². The number of benzene rings is 1. The van der Waals surface area contributed by atoms with Crippen molar-refractivity contribution in [3.8, 4) is 0 Å². The molecule has 0 radical (unpaired) electrons. The Morgan fingerprint density at radius 1 is 1.39 bits per heavy atom. The van der Waals surface area contributed by atoms with E-state index in [1.165, 1.54) is 11.1 Å². The highest BCUT2D eigenvalue weighted by Crippen LogP contribution is 2.34. The van der Waals surface area contributed by atoms with E-state index in [-0.39, 0.29) is 18.1 Å². The van der Waals surface area contributed by atoms with Crippen molar-refractivity contribution in [1.29, 1.82) is 0 Å². The predicted octanol–water partition coefficient (Wildman–Crippen LogP) is 3.29. The number of likely N-dealkylation sites (tertiary alicyclic amines) is 1. The summed E-state index contributed by atoms with van der Waals surface area (Å²) in [6, 6.07) is 8.46. The first kappa shape index (κ1) is 17.8. The first-order chi connectivity index (χ1) is 11.0. The molecule has 1 saturated heterocycles. The fraction of sp³-hybridized carbons (Fsp3) is 0.632. The van der Waals surface area contributed by atoms with Crippen LogP contribution in [0.4, 0.5) is 4.79 Å². The minimum Gasteiger partial charge on any atom is -0.396 e. The molecular weight excluding hydrogens is 288 g/mol. The molecule has 4 heteroatoms. The lowest BCUT2D eigenvalue weighted by atomic mass is 9.77. The number of rotatable bonds is 5. The summed E-state index contributed by atoms with van der Waals surface area (Å²) in [5.74, 6) is 0.302. The molecule has 2 rings (SSSR count). The Morgan fingerprint density at radius 3 is 2.65 bits per heavy atom. The van der Waals surface area contributed by atoms with Crippen LogP contribution in [0, 0.1) is 12.3 Å². The van der Waals surface area contributed by atoms with Crippen molar-refractivity contribution in [2.45, 2.75) is 46.0 Å². The minimum absolute atomic E-state index is 0.0195. The summed E-state index contributed by atoms with van der Waals surface area (Å²) < 4.78 is 0. The third kappa shape index (κ3) is 4.47. The number of urea groups is 1. The topological polar surface area (TPSA) is 52.6 Å². The molecule has 2 N–H and O–H groups in total. The molecule has 1 atom stereocenters. The SMILES string of the molecule is CCC1(CO)CCN(C(=O)NCC(C)c2cccc(C)c2)CC1. The number of hydrogen-bond donors (Lipinski definition) is 2. The van der Waals surface area contributed by atoms with Crippen LogP contribution in [-0.2, 0) is 0 Å². The van der Waals surface area contributed by atoms with E-state index in [9.17, 15) is 9.90 Å². The second kappa shape index (κ2) is 7.82. The van der Waals surface area contributed by atoms with Crippen LogP contribution < -0.4 is 5.32 Å². The number of nitrogens with zero attached hydrogens (tertiary/aromatic N) is 1. The summed E-state index contributed by atoms with van der Waals surface area (Å²) in [5.41, 5.74) is 2.52. The highest BCUT2D eigenvalue weighted by molar-refractivity contribution is 5.74. The number of aryl methyl sites for hydroxylation is 1. The molecule has 2 amide bonds. The zero-order valence-electron chi connectivity index (χ0n) is 14.6. The van der Waals surface area contributed by atoms with Gasteiger partial charge in [-0.1, -0.05) is 43.7 Å². The van der Waals surface area contributed by atoms with Gasteiger partial charge in [0.05, 0.1) is 0 Å². The third-order valence-corrected chi connectivity index (χ3v) is 5.37. The molecule has 23 heavy (non-hydrogen) atoms. The second-order valence-corrected chi connectivity index (χ2v) is 7.00. The summed E-state index contributed by atoms with van der Waals surface area (Å²) in [6.45, 7) is 8.69. The Morgan fingerprint density at radius 2 is 2.09 bits per heavy atom. The van der Waals surface area contributed by atoms with Crippen molar-refractivity contribution in [2.24, 2.45) is 5.41 Å². The lowest BCUT2D eigenvalue weighted by Crippen LogP contribution is -2.48. The van der Waals surface area contributed by atoms with Gasteiger partial charge in [-0.3, -0.25) is 0 Å². The van der Waals surface area contributed by atoms with E-state index in [2.05, 4.69) is 50.4 Å². The molecule has 0 aliphatic carbocycles. The van der Waals surface area contributed by atoms with Crippen LogP contribution in [0.3, 0.4) is 0 Å². The van der Waals surface area contributed by atoms with Gasteiger partial charge in [0.25, 0.3) is 0 Å². The number of carbonyl (C=O) groups is 1. The quantitative estimate of drug-likeness (QED) is 0.875. The van der Waals surface area contributed by atoms with Crippen molar-refractivity contribution in [3.63, 3.8) is 0 Å². The number of aliphatic hydroxyl groups excluding tert-OH is 1. The van der Waals surface area contributed by atoms with Crippen LogP contribution in [0.1, 0.15) is 50.2 Å². The molecule has 0 spiro atoms. The summed E-state index contributed by atoms with van der Waals surface area (Å²) >= 11 is 0. The maximum atomic E-state index is 12.3. The maximum absolute atomic E-state index is 12.3. The number of amides is 2. The number of piperidine rings is 1. The zero-order valence-corrected chi connectivity index (χ0v) is 14.6. The van der Waals surface area contributed by atoms with Gasteiger partial charge >= 0.3 is 6.03 Å². The van der Waals surface area contributed by atoms with Gasteiger partial charge in [-0.05, 0) is 43.1 Å². The molecule has 1 aromatic carbocycles. The lowest BCUT2D eigenvalue weighted by molar-refractivity contribution is 0.0519. The van der Waals surface area contributed by atoms with Crippen LogP contribution in [0.2, 0.25) is 0 Å². The summed E-state index contributed by atoms with van der Waals surface area (Å²) in [6.07, 6.45) is 2.76. The number of aliphatic hydroxyl groups is 1. The van der Waals surface area contributed by atoms with Gasteiger partial charge < -0.3 is 15.3 Å². The van der Waals surface area contributed by atoms with Gasteiger partial charge in [-0.15, -0.1) is 0 Å². The van der Waals surface area contributed by atoms with Crippen molar-refractivity contribution in [2.75, 3.05) is 26.2 Å². The molecule has 1 aliphatic rings. The van der Waals surface area contributed by atoms with Crippen molar-refractivity contribution < 1.29 is 9.90 Å². The monoisotopic (exact) mass is 318 g/mol. The van der Waals surface area contributed by atoms with E-state index in [0.717, 1.165) is 32.4 Å². The Labute approximate surface area is 139 Å². The smallest absolute Gasteiger partial charge is 0.317 e. The highest BCUT2D eigenvalue weighted by atomic mass is 16.3. The first-order valence-electron chi connectivity index (χ1n) is 8.70. The number of hydrogen-bond acceptors (Lipinski definition) is 2. The lowest BCUT2D eigenvalue weighted by Gasteiger charge is -2.40. The molecule has 1 aromatic rings. The molecule has 1 fully saturated rings. The molecule has 1 aliphatic heterocycles. The van der Waals surface area contributed by atoms with Crippen molar-refractivity contribution in [1.82, 2.24) is 10.2 Å². The van der Waals surface area contributed by atoms with E-state index < -0.39 is 0 Å². The Kier molecular flexibility index (Phi) is 6.05. The molecule has 0 bridgehead atoms. The van der Waals surface area contributed by atoms with E-state index in [1.807, 2.05) is 4.90 Å². The zero-order chi connectivity index (χ0) is 16.9. The average Bonchev–Trinajstić information content (AvgIpc) is 2.59. The summed E-state index contributed by atoms with van der Waals surface area (Å²) in [7, 11) is 0. The molecule has 0 aromatic heterocycles. The van der Waals surface area contributed by atoms with E-state index in [4.69, 9.17) is 0 Å². The van der Waals surface area contributed by atoms with Crippen LogP contribution >= 0.6 is 0 Å². The summed E-state index contributed by atoms with van der Waals surface area (Å²) in [4.78, 5) is 14.2. The Bertz CT molecular complexity index is 516. The molecule has 1 unspecified atom stereocenters. The third-order valence-electron chi connectivity index (χ3n) is 5.37. The van der Waals surface area contributed by atoms with Gasteiger partial charge in [0.2, 0.25) is 0 Å². The van der Waals surface area contributed by atoms with Gasteiger partial charge in [0, 0.05) is 26.2 Å². The fourth-order valence-electron chi connectivity index (χ4n) is 3.25. The predicted molar refractivity (Wildman–Crippen MR) is 93.6 cm³/mol. The van der Waals surface area contributed by atoms with E-state index in [0.29, 0.717) is 12.5 Å². The summed E-state index contributed by atoms with van der Waals surface area (Å²) in [5, 5.41) is 12.6. The van der Waals surface area contributed by atoms with Gasteiger partial charge in [-0.25, -0.2) is 4.79 Å². The largest absolute Gasteiger partial charge is 0.396 e. The first-order valence-corrected chi connectivity index (χ1v) is 8.70. The van der Waals surface area contributed by atoms with Gasteiger partial charge in [-0.2, -0.15) is 0 Å². The molecule has 1 heterocycles. The Hall–Kier alpha value is -1.55. The molecule has 128 valence electrons. The number of carbonyl (C=O) groups excluding carboxylic acids is 1. The van der Waals surface area contributed by atoms with Crippen LogP contribution in [0.5, 0.6) is 0 Å². The van der Waals surface area contributed by atoms with E-state index >= 15 is 0 Å². The Balaban J connectivity index is 1.82. The standard InChI is InChI=1S/C19H30N2O2/c1-4-19(14-22)8-10-21(11-9-19)18(23)20-13-16(3)17-7-5-6-15(2)12-17/h5-7,12,16,22H,4,8-11,13-14H2,1-3H3,(H,20,23). The van der Waals surface area contributed by atoms with Gasteiger partial charge in [0.15, 0.2) is 0 Å². The second-order valence-electron chi connectivity index (χ2n) is 7.00. The van der Waals surface area contributed by atoms with E-state index in [1.54, 1.807) is 0 Å². The minimum atomic E-state index is 0.0195. The van der Waals surface area contributed by atoms with Gasteiger partial charge in [0.1, 0.15) is 0 Å². The average molecular weight is 318 g/mol. The number of nitrogens with one attached hydrogen (secondary N) is 1. The normalized spacial score (nSPS) is 18.5. The molecular formula is C19H30N2O2. The highest BCUT2D eigenvalue weighted by Gasteiger charge is 2.33.